The first-order valence-electron chi connectivity index (χ1n) is 12.0. The molecule has 2 aliphatic rings. The molecule has 3 N–H and O–H groups in total. The van der Waals surface area contributed by atoms with Gasteiger partial charge in [0.2, 0.25) is 11.8 Å². The summed E-state index contributed by atoms with van der Waals surface area (Å²) in [6.07, 6.45) is 5.65. The van der Waals surface area contributed by atoms with Gasteiger partial charge >= 0.3 is 0 Å². The van der Waals surface area contributed by atoms with Crippen LogP contribution in [-0.4, -0.2) is 63.8 Å². The second kappa shape index (κ2) is 11.3. The Morgan fingerprint density at radius 3 is 2.76 bits per heavy atom. The number of rotatable bonds is 9. The third-order valence-corrected chi connectivity index (χ3v) is 7.76. The van der Waals surface area contributed by atoms with E-state index in [4.69, 9.17) is 15.0 Å². The molecule has 1 aliphatic heterocycles. The molecule has 2 aromatic heterocycles. The van der Waals surface area contributed by atoms with Crippen LogP contribution in [0.5, 0.6) is 5.88 Å². The Bertz CT molecular complexity index is 987. The molecule has 2 fully saturated rings. The Morgan fingerprint density at radius 1 is 1.26 bits per heavy atom. The summed E-state index contributed by atoms with van der Waals surface area (Å²) in [5.41, 5.74) is 0.975. The number of hydrogen-bond acceptors (Lipinski definition) is 10. The zero-order chi connectivity index (χ0) is 24.1. The van der Waals surface area contributed by atoms with Crippen molar-refractivity contribution in [2.24, 2.45) is 11.8 Å². The molecule has 1 saturated carbocycles. The molecule has 0 bridgehead atoms. The van der Waals surface area contributed by atoms with E-state index in [1.807, 2.05) is 13.0 Å². The molecule has 1 saturated heterocycles. The number of hydrogen-bond donors (Lipinski definition) is 3. The summed E-state index contributed by atoms with van der Waals surface area (Å²) in [5, 5.41) is 19.5. The van der Waals surface area contributed by atoms with Crippen molar-refractivity contribution in [2.75, 3.05) is 37.5 Å². The van der Waals surface area contributed by atoms with E-state index in [-0.39, 0.29) is 5.92 Å². The van der Waals surface area contributed by atoms with Crippen LogP contribution in [0.25, 0.3) is 0 Å². The van der Waals surface area contributed by atoms with E-state index in [0.29, 0.717) is 41.5 Å². The van der Waals surface area contributed by atoms with Crippen LogP contribution in [0.1, 0.15) is 44.7 Å². The van der Waals surface area contributed by atoms with Gasteiger partial charge in [-0.05, 0) is 38.5 Å². The molecule has 11 heteroatoms. The van der Waals surface area contributed by atoms with Gasteiger partial charge in [-0.15, -0.1) is 0 Å². The van der Waals surface area contributed by atoms with E-state index in [1.165, 1.54) is 12.8 Å². The van der Waals surface area contributed by atoms with Gasteiger partial charge in [0.1, 0.15) is 5.82 Å². The molecule has 3 heterocycles. The number of nitrogens with zero attached hydrogens (tertiary/aromatic N) is 6. The zero-order valence-corrected chi connectivity index (χ0v) is 21.2. The molecule has 0 amide bonds. The Hall–Kier alpha value is -2.55. The SMILES string of the molecule is CCC1CCC(NSN2CC(C#N)C2)CC(N(C)c2nc(Nc3cc(C)[nH]n3)cc(OC)n2)C1. The van der Waals surface area contributed by atoms with Crippen molar-refractivity contribution in [3.63, 3.8) is 0 Å². The predicted octanol–water partition coefficient (Wildman–Crippen LogP) is 3.64. The molecule has 0 radical (unpaired) electrons. The standard InChI is InChI=1S/C23H35N9OS/c1-5-16-6-7-18(30-34-32-13-17(12-24)14-32)10-19(9-16)31(3)23-26-20(11-22(27-23)33-4)25-21-8-15(2)28-29-21/h8,11,16-19,30H,5-7,9-10,13-14H2,1-4H3,(H2,25,26,27,28,29). The summed E-state index contributed by atoms with van der Waals surface area (Å²) in [4.78, 5) is 11.6. The lowest BCUT2D eigenvalue weighted by molar-refractivity contribution is 0.270. The maximum atomic E-state index is 9.02. The van der Waals surface area contributed by atoms with Crippen molar-refractivity contribution >= 4 is 29.7 Å². The summed E-state index contributed by atoms with van der Waals surface area (Å²) < 4.78 is 11.4. The molecule has 0 spiro atoms. The molecule has 2 aromatic rings. The molecule has 4 rings (SSSR count). The van der Waals surface area contributed by atoms with Crippen LogP contribution in [0.4, 0.5) is 17.6 Å². The monoisotopic (exact) mass is 485 g/mol. The highest BCUT2D eigenvalue weighted by atomic mass is 32.2. The van der Waals surface area contributed by atoms with E-state index in [1.54, 1.807) is 25.3 Å². The van der Waals surface area contributed by atoms with Gasteiger partial charge in [-0.2, -0.15) is 20.3 Å². The van der Waals surface area contributed by atoms with Gasteiger partial charge in [0.05, 0.1) is 19.1 Å². The van der Waals surface area contributed by atoms with Crippen LogP contribution >= 0.6 is 12.1 Å². The smallest absolute Gasteiger partial charge is 0.230 e. The van der Waals surface area contributed by atoms with E-state index in [0.717, 1.165) is 38.0 Å². The van der Waals surface area contributed by atoms with Crippen LogP contribution in [0.3, 0.4) is 0 Å². The average Bonchev–Trinajstić information content (AvgIpc) is 3.10. The molecule has 0 aromatic carbocycles. The first-order chi connectivity index (χ1) is 16.5. The number of anilines is 3. The van der Waals surface area contributed by atoms with Crippen molar-refractivity contribution in [3.8, 4) is 11.9 Å². The third kappa shape index (κ3) is 6.11. The molecule has 3 atom stereocenters. The van der Waals surface area contributed by atoms with Crippen molar-refractivity contribution < 1.29 is 4.74 Å². The summed E-state index contributed by atoms with van der Waals surface area (Å²) in [6.45, 7) is 5.92. The van der Waals surface area contributed by atoms with Crippen LogP contribution in [0, 0.1) is 30.1 Å². The lowest BCUT2D eigenvalue weighted by Crippen LogP contribution is -2.44. The van der Waals surface area contributed by atoms with Crippen LogP contribution < -0.4 is 19.7 Å². The van der Waals surface area contributed by atoms with Gasteiger partial charge in [0.25, 0.3) is 0 Å². The summed E-state index contributed by atoms with van der Waals surface area (Å²) >= 11 is 1.67. The van der Waals surface area contributed by atoms with Crippen LogP contribution in [0.15, 0.2) is 12.1 Å². The number of nitriles is 1. The molecule has 184 valence electrons. The number of H-pyrrole nitrogens is 1. The molecule has 1 aliphatic carbocycles. The van der Waals surface area contributed by atoms with E-state index < -0.39 is 0 Å². The first-order valence-corrected chi connectivity index (χ1v) is 12.8. The van der Waals surface area contributed by atoms with Crippen LogP contribution in [0.2, 0.25) is 0 Å². The molecular formula is C23H35N9OS. The van der Waals surface area contributed by atoms with Gasteiger partial charge < -0.3 is 15.0 Å². The predicted molar refractivity (Wildman–Crippen MR) is 135 cm³/mol. The van der Waals surface area contributed by atoms with Gasteiger partial charge in [-0.25, -0.2) is 9.03 Å². The van der Waals surface area contributed by atoms with Gasteiger partial charge in [-0.1, -0.05) is 13.3 Å². The van der Waals surface area contributed by atoms with Gasteiger partial charge in [0.15, 0.2) is 5.82 Å². The average molecular weight is 486 g/mol. The summed E-state index contributed by atoms with van der Waals surface area (Å²) in [5.74, 6) is 3.36. The summed E-state index contributed by atoms with van der Waals surface area (Å²) in [6, 6.07) is 6.75. The van der Waals surface area contributed by atoms with Crippen molar-refractivity contribution in [1.29, 1.82) is 5.26 Å². The highest BCUT2D eigenvalue weighted by molar-refractivity contribution is 7.95. The second-order valence-corrected chi connectivity index (χ2v) is 10.3. The number of aromatic amines is 1. The molecular weight excluding hydrogens is 450 g/mol. The van der Waals surface area contributed by atoms with E-state index in [9.17, 15) is 0 Å². The zero-order valence-electron chi connectivity index (χ0n) is 20.4. The normalized spacial score (nSPS) is 23.6. The Kier molecular flexibility index (Phi) is 8.13. The van der Waals surface area contributed by atoms with Crippen molar-refractivity contribution in [2.45, 2.75) is 58.0 Å². The highest BCUT2D eigenvalue weighted by Crippen LogP contribution is 2.32. The van der Waals surface area contributed by atoms with E-state index >= 15 is 0 Å². The second-order valence-electron chi connectivity index (χ2n) is 9.32. The fraction of sp³-hybridized carbons (Fsp3) is 0.652. The van der Waals surface area contributed by atoms with Crippen molar-refractivity contribution in [3.05, 3.63) is 17.8 Å². The minimum absolute atomic E-state index is 0.171. The van der Waals surface area contributed by atoms with Crippen LogP contribution in [-0.2, 0) is 0 Å². The maximum Gasteiger partial charge on any atom is 0.230 e. The number of methoxy groups -OCH3 is 1. The summed E-state index contributed by atoms with van der Waals surface area (Å²) in [7, 11) is 3.70. The minimum atomic E-state index is 0.171. The fourth-order valence-electron chi connectivity index (χ4n) is 4.54. The first kappa shape index (κ1) is 24.6. The Balaban J connectivity index is 1.46. The largest absolute Gasteiger partial charge is 0.481 e. The lowest BCUT2D eigenvalue weighted by Gasteiger charge is -2.35. The number of aryl methyl sites for hydroxylation is 1. The molecule has 34 heavy (non-hydrogen) atoms. The highest BCUT2D eigenvalue weighted by Gasteiger charge is 2.31. The fourth-order valence-corrected chi connectivity index (χ4v) is 5.56. The third-order valence-electron chi connectivity index (χ3n) is 6.77. The van der Waals surface area contributed by atoms with Crippen molar-refractivity contribution in [1.82, 2.24) is 29.2 Å². The quantitative estimate of drug-likeness (QED) is 0.359. The molecule has 10 nitrogen and oxygen atoms in total. The van der Waals surface area contributed by atoms with E-state index in [2.05, 4.69) is 54.5 Å². The Labute approximate surface area is 206 Å². The number of nitrogens with one attached hydrogen (secondary N) is 3. The Morgan fingerprint density at radius 2 is 2.09 bits per heavy atom. The van der Waals surface area contributed by atoms with Gasteiger partial charge in [0, 0.05) is 62.2 Å². The topological polar surface area (TPSA) is 118 Å². The number of aromatic nitrogens is 4. The maximum absolute atomic E-state index is 9.02. The number of ether oxygens (including phenoxy) is 1. The minimum Gasteiger partial charge on any atom is -0.481 e. The van der Waals surface area contributed by atoms with Gasteiger partial charge in [-0.3, -0.25) is 5.10 Å². The lowest BCUT2D eigenvalue weighted by atomic mass is 9.95. The molecule has 3 unspecified atom stereocenters.